The van der Waals surface area contributed by atoms with Crippen LogP contribution in [0.2, 0.25) is 5.04 Å². The molecule has 0 atom stereocenters. The van der Waals surface area contributed by atoms with Gasteiger partial charge < -0.3 is 0 Å². The molecule has 0 saturated carbocycles. The van der Waals surface area contributed by atoms with E-state index in [2.05, 4.69) is 38.3 Å². The highest BCUT2D eigenvalue weighted by atomic mass is 35.5. The molecule has 0 bridgehead atoms. The summed E-state index contributed by atoms with van der Waals surface area (Å²) in [4.78, 5) is 0. The smallest absolute Gasteiger partial charge is 0.148 e. The van der Waals surface area contributed by atoms with Crippen molar-refractivity contribution in [2.75, 3.05) is 13.1 Å². The first-order valence-electron chi connectivity index (χ1n) is 4.56. The SMILES string of the molecule is CCNC(Cl)(NCC)C(C)(C)[SiH3]. The van der Waals surface area contributed by atoms with Gasteiger partial charge in [0.15, 0.2) is 0 Å². The molecular weight excluding hydrogens is 188 g/mol. The fourth-order valence-corrected chi connectivity index (χ4v) is 1.70. The van der Waals surface area contributed by atoms with Crippen LogP contribution in [-0.4, -0.2) is 28.5 Å². The van der Waals surface area contributed by atoms with Crippen LogP contribution in [0.3, 0.4) is 0 Å². The molecule has 0 aliphatic rings. The van der Waals surface area contributed by atoms with Gasteiger partial charge in [0, 0.05) is 10.2 Å². The largest absolute Gasteiger partial charge is 0.287 e. The number of rotatable bonds is 5. The Morgan fingerprint density at radius 3 is 1.67 bits per heavy atom. The van der Waals surface area contributed by atoms with Crippen molar-refractivity contribution >= 4 is 21.8 Å². The highest BCUT2D eigenvalue weighted by Crippen LogP contribution is 2.35. The molecule has 0 saturated heterocycles. The average Bonchev–Trinajstić information content (AvgIpc) is 1.86. The van der Waals surface area contributed by atoms with Gasteiger partial charge in [0.2, 0.25) is 0 Å². The summed E-state index contributed by atoms with van der Waals surface area (Å²) < 4.78 is 0. The van der Waals surface area contributed by atoms with E-state index in [-0.39, 0.29) is 5.04 Å². The Morgan fingerprint density at radius 2 is 1.50 bits per heavy atom. The van der Waals surface area contributed by atoms with Crippen molar-refractivity contribution in [3.8, 4) is 0 Å². The highest BCUT2D eigenvalue weighted by molar-refractivity contribution is 6.30. The van der Waals surface area contributed by atoms with Crippen molar-refractivity contribution in [2.45, 2.75) is 37.9 Å². The van der Waals surface area contributed by atoms with E-state index in [1.54, 1.807) is 0 Å². The minimum Gasteiger partial charge on any atom is -0.287 e. The standard InChI is InChI=1S/C8H21ClN2Si/c1-5-10-8(9,11-6-2)7(3,4)12/h10-11H,5-6H2,1-4,12H3. The van der Waals surface area contributed by atoms with Gasteiger partial charge in [-0.1, -0.05) is 39.3 Å². The van der Waals surface area contributed by atoms with Crippen LogP contribution in [0.25, 0.3) is 0 Å². The van der Waals surface area contributed by atoms with Gasteiger partial charge >= 0.3 is 0 Å². The molecular formula is C8H21ClN2Si. The monoisotopic (exact) mass is 208 g/mol. The van der Waals surface area contributed by atoms with Crippen LogP contribution in [0.5, 0.6) is 0 Å². The van der Waals surface area contributed by atoms with Crippen molar-refractivity contribution in [2.24, 2.45) is 0 Å². The Balaban J connectivity index is 4.38. The van der Waals surface area contributed by atoms with Gasteiger partial charge in [-0.3, -0.25) is 10.6 Å². The zero-order valence-electron chi connectivity index (χ0n) is 8.79. The van der Waals surface area contributed by atoms with E-state index in [4.69, 9.17) is 11.6 Å². The number of halogens is 1. The molecule has 0 rings (SSSR count). The number of nitrogens with one attached hydrogen (secondary N) is 2. The summed E-state index contributed by atoms with van der Waals surface area (Å²) in [5.41, 5.74) is 0. The molecule has 2 nitrogen and oxygen atoms in total. The molecule has 4 heteroatoms. The summed E-state index contributed by atoms with van der Waals surface area (Å²) in [5, 5.41) is 6.29. The molecule has 0 aliphatic carbocycles. The minimum atomic E-state index is -0.428. The van der Waals surface area contributed by atoms with E-state index in [0.717, 1.165) is 23.3 Å². The molecule has 0 radical (unpaired) electrons. The van der Waals surface area contributed by atoms with Crippen molar-refractivity contribution in [1.82, 2.24) is 10.6 Å². The van der Waals surface area contributed by atoms with Crippen LogP contribution in [0.4, 0.5) is 0 Å². The average molecular weight is 209 g/mol. The Morgan fingerprint density at radius 1 is 1.17 bits per heavy atom. The summed E-state index contributed by atoms with van der Waals surface area (Å²) in [5.74, 6) is 0. The fourth-order valence-electron chi connectivity index (χ4n) is 1.08. The molecule has 2 N–H and O–H groups in total. The highest BCUT2D eigenvalue weighted by Gasteiger charge is 2.38. The number of hydrogen-bond donors (Lipinski definition) is 2. The quantitative estimate of drug-likeness (QED) is 0.300. The molecule has 0 amide bonds. The number of hydrogen-bond acceptors (Lipinski definition) is 2. The molecule has 0 unspecified atom stereocenters. The van der Waals surface area contributed by atoms with Crippen LogP contribution in [0.1, 0.15) is 27.7 Å². The van der Waals surface area contributed by atoms with Crippen molar-refractivity contribution in [1.29, 1.82) is 0 Å². The molecule has 0 aliphatic heterocycles. The van der Waals surface area contributed by atoms with Crippen LogP contribution in [0.15, 0.2) is 0 Å². The Hall–Kier alpha value is 0.427. The Labute approximate surface area is 83.9 Å². The molecule has 0 spiro atoms. The van der Waals surface area contributed by atoms with E-state index < -0.39 is 5.12 Å². The van der Waals surface area contributed by atoms with Gasteiger partial charge in [0.1, 0.15) is 5.12 Å². The minimum absolute atomic E-state index is 0.139. The molecule has 0 heterocycles. The maximum absolute atomic E-state index is 6.43. The third kappa shape index (κ3) is 3.05. The molecule has 0 aromatic heterocycles. The predicted molar refractivity (Wildman–Crippen MR) is 59.9 cm³/mol. The van der Waals surface area contributed by atoms with E-state index in [0.29, 0.717) is 0 Å². The summed E-state index contributed by atoms with van der Waals surface area (Å²) in [6.07, 6.45) is 0. The summed E-state index contributed by atoms with van der Waals surface area (Å²) in [7, 11) is 1.06. The van der Waals surface area contributed by atoms with E-state index in [9.17, 15) is 0 Å². The maximum atomic E-state index is 6.43. The third-order valence-corrected chi connectivity index (χ3v) is 3.78. The van der Waals surface area contributed by atoms with Crippen LogP contribution < -0.4 is 10.6 Å². The van der Waals surface area contributed by atoms with Gasteiger partial charge in [-0.05, 0) is 18.1 Å². The first-order valence-corrected chi connectivity index (χ1v) is 5.94. The molecule has 0 fully saturated rings. The normalized spacial score (nSPS) is 13.8. The lowest BCUT2D eigenvalue weighted by Crippen LogP contribution is -2.58. The first kappa shape index (κ1) is 12.4. The second-order valence-corrected chi connectivity index (χ2v) is 7.04. The van der Waals surface area contributed by atoms with Gasteiger partial charge in [0.05, 0.1) is 0 Å². The maximum Gasteiger partial charge on any atom is 0.148 e. The zero-order valence-corrected chi connectivity index (χ0v) is 11.5. The molecule has 0 aromatic rings. The lowest BCUT2D eigenvalue weighted by molar-refractivity contribution is 0.309. The van der Waals surface area contributed by atoms with E-state index in [1.165, 1.54) is 0 Å². The summed E-state index contributed by atoms with van der Waals surface area (Å²) in [6, 6.07) is 0. The van der Waals surface area contributed by atoms with Crippen LogP contribution >= 0.6 is 11.6 Å². The molecule has 0 aromatic carbocycles. The summed E-state index contributed by atoms with van der Waals surface area (Å²) >= 11 is 6.43. The third-order valence-electron chi connectivity index (χ3n) is 1.87. The van der Waals surface area contributed by atoms with Gasteiger partial charge in [-0.2, -0.15) is 0 Å². The first-order chi connectivity index (χ1) is 5.37. The van der Waals surface area contributed by atoms with Gasteiger partial charge in [0.25, 0.3) is 0 Å². The van der Waals surface area contributed by atoms with Crippen molar-refractivity contribution < 1.29 is 0 Å². The summed E-state index contributed by atoms with van der Waals surface area (Å²) in [6.45, 7) is 10.3. The van der Waals surface area contributed by atoms with Crippen LogP contribution in [0, 0.1) is 0 Å². The number of alkyl halides is 1. The van der Waals surface area contributed by atoms with E-state index in [1.807, 2.05) is 0 Å². The Bertz CT molecular complexity index is 128. The fraction of sp³-hybridized carbons (Fsp3) is 1.00. The molecule has 12 heavy (non-hydrogen) atoms. The van der Waals surface area contributed by atoms with Crippen molar-refractivity contribution in [3.63, 3.8) is 0 Å². The Kier molecular flexibility index (Phi) is 4.77. The lowest BCUT2D eigenvalue weighted by atomic mass is 10.1. The van der Waals surface area contributed by atoms with E-state index >= 15 is 0 Å². The topological polar surface area (TPSA) is 24.1 Å². The molecule has 74 valence electrons. The lowest BCUT2D eigenvalue weighted by Gasteiger charge is -2.40. The second kappa shape index (κ2) is 4.60. The van der Waals surface area contributed by atoms with Gasteiger partial charge in [-0.15, -0.1) is 0 Å². The zero-order chi connectivity index (χ0) is 9.83. The van der Waals surface area contributed by atoms with Crippen molar-refractivity contribution in [3.05, 3.63) is 0 Å². The predicted octanol–water partition coefficient (Wildman–Crippen LogP) is 0.662. The second-order valence-electron chi connectivity index (χ2n) is 3.97. The van der Waals surface area contributed by atoms with Crippen LogP contribution in [-0.2, 0) is 0 Å². The van der Waals surface area contributed by atoms with Gasteiger partial charge in [-0.25, -0.2) is 0 Å².